The molecule has 1 unspecified atom stereocenters. The fourth-order valence-corrected chi connectivity index (χ4v) is 1.89. The van der Waals surface area contributed by atoms with Gasteiger partial charge in [-0.3, -0.25) is 0 Å². The lowest BCUT2D eigenvalue weighted by Crippen LogP contribution is -2.34. The molecule has 0 saturated heterocycles. The molecular formula is C15H23NO2. The van der Waals surface area contributed by atoms with Crippen LogP contribution in [0.3, 0.4) is 0 Å². The Morgan fingerprint density at radius 1 is 1.44 bits per heavy atom. The number of hydrogen-bond donors (Lipinski definition) is 2. The van der Waals surface area contributed by atoms with Crippen LogP contribution < -0.4 is 10.1 Å². The monoisotopic (exact) mass is 249 g/mol. The van der Waals surface area contributed by atoms with Gasteiger partial charge in [0.1, 0.15) is 18.5 Å². The highest BCUT2D eigenvalue weighted by atomic mass is 16.5. The lowest BCUT2D eigenvalue weighted by molar-refractivity contribution is 0.105. The summed E-state index contributed by atoms with van der Waals surface area (Å²) in [5, 5.41) is 13.1. The molecule has 2 rings (SSSR count). The van der Waals surface area contributed by atoms with E-state index < -0.39 is 6.10 Å². The van der Waals surface area contributed by atoms with E-state index in [1.54, 1.807) is 0 Å². The zero-order valence-electron chi connectivity index (χ0n) is 11.3. The van der Waals surface area contributed by atoms with Crippen molar-refractivity contribution in [1.29, 1.82) is 0 Å². The zero-order chi connectivity index (χ0) is 13.0. The first-order valence-corrected chi connectivity index (χ1v) is 6.66. The van der Waals surface area contributed by atoms with Gasteiger partial charge in [-0.1, -0.05) is 19.1 Å². The third-order valence-corrected chi connectivity index (χ3v) is 3.47. The number of nitrogens with one attached hydrogen (secondary N) is 1. The van der Waals surface area contributed by atoms with Gasteiger partial charge in [0, 0.05) is 13.1 Å². The predicted molar refractivity (Wildman–Crippen MR) is 72.9 cm³/mol. The Kier molecular flexibility index (Phi) is 4.25. The molecule has 1 atom stereocenters. The maximum atomic E-state index is 9.81. The smallest absolute Gasteiger partial charge is 0.119 e. The fourth-order valence-electron chi connectivity index (χ4n) is 1.89. The van der Waals surface area contributed by atoms with Crippen LogP contribution in [-0.4, -0.2) is 30.9 Å². The standard InChI is InChI=1S/C15H23NO2/c1-12-4-3-5-14(8-12)18-10-13(17)9-16-11-15(2)6-7-15/h3-5,8,13,16-17H,6-7,9-11H2,1-2H3. The summed E-state index contributed by atoms with van der Waals surface area (Å²) in [6.45, 7) is 6.24. The van der Waals surface area contributed by atoms with E-state index in [1.807, 2.05) is 31.2 Å². The van der Waals surface area contributed by atoms with Gasteiger partial charge in [0.15, 0.2) is 0 Å². The number of aliphatic hydroxyl groups is 1. The molecule has 0 aromatic heterocycles. The van der Waals surface area contributed by atoms with Gasteiger partial charge in [0.05, 0.1) is 0 Å². The normalized spacial score (nSPS) is 18.4. The van der Waals surface area contributed by atoms with Gasteiger partial charge in [-0.05, 0) is 42.9 Å². The van der Waals surface area contributed by atoms with Crippen LogP contribution >= 0.6 is 0 Å². The van der Waals surface area contributed by atoms with Gasteiger partial charge in [0.2, 0.25) is 0 Å². The molecule has 18 heavy (non-hydrogen) atoms. The Morgan fingerprint density at radius 3 is 2.89 bits per heavy atom. The van der Waals surface area contributed by atoms with Crippen molar-refractivity contribution < 1.29 is 9.84 Å². The molecule has 2 N–H and O–H groups in total. The van der Waals surface area contributed by atoms with E-state index >= 15 is 0 Å². The molecule has 1 saturated carbocycles. The second kappa shape index (κ2) is 5.72. The summed E-state index contributed by atoms with van der Waals surface area (Å²) in [6.07, 6.45) is 2.15. The Bertz CT molecular complexity index is 388. The van der Waals surface area contributed by atoms with Crippen molar-refractivity contribution in [2.24, 2.45) is 5.41 Å². The minimum atomic E-state index is -0.451. The van der Waals surface area contributed by atoms with E-state index in [2.05, 4.69) is 12.2 Å². The molecule has 1 aromatic carbocycles. The summed E-state index contributed by atoms with van der Waals surface area (Å²) >= 11 is 0. The Labute approximate surface area is 109 Å². The Hall–Kier alpha value is -1.06. The molecule has 1 aromatic rings. The third-order valence-electron chi connectivity index (χ3n) is 3.47. The zero-order valence-corrected chi connectivity index (χ0v) is 11.3. The predicted octanol–water partition coefficient (Wildman–Crippen LogP) is 2.12. The van der Waals surface area contributed by atoms with E-state index in [1.165, 1.54) is 18.4 Å². The highest BCUT2D eigenvalue weighted by molar-refractivity contribution is 5.27. The number of aliphatic hydroxyl groups excluding tert-OH is 1. The quantitative estimate of drug-likeness (QED) is 0.778. The van der Waals surface area contributed by atoms with Crippen LogP contribution in [0.15, 0.2) is 24.3 Å². The van der Waals surface area contributed by atoms with E-state index in [0.717, 1.165) is 12.3 Å². The average molecular weight is 249 g/mol. The van der Waals surface area contributed by atoms with Crippen LogP contribution in [-0.2, 0) is 0 Å². The van der Waals surface area contributed by atoms with E-state index in [-0.39, 0.29) is 0 Å². The highest BCUT2D eigenvalue weighted by Gasteiger charge is 2.36. The second-order valence-corrected chi connectivity index (χ2v) is 5.72. The van der Waals surface area contributed by atoms with Crippen LogP contribution in [0.2, 0.25) is 0 Å². The summed E-state index contributed by atoms with van der Waals surface area (Å²) in [7, 11) is 0. The molecule has 0 bridgehead atoms. The first-order chi connectivity index (χ1) is 8.57. The molecule has 100 valence electrons. The fraction of sp³-hybridized carbons (Fsp3) is 0.600. The van der Waals surface area contributed by atoms with E-state index in [9.17, 15) is 5.11 Å². The molecule has 1 aliphatic rings. The van der Waals surface area contributed by atoms with Crippen LogP contribution in [0.1, 0.15) is 25.3 Å². The van der Waals surface area contributed by atoms with Crippen molar-refractivity contribution in [3.8, 4) is 5.75 Å². The molecule has 0 amide bonds. The lowest BCUT2D eigenvalue weighted by Gasteiger charge is -2.15. The van der Waals surface area contributed by atoms with Crippen molar-refractivity contribution in [3.05, 3.63) is 29.8 Å². The molecule has 0 spiro atoms. The van der Waals surface area contributed by atoms with Crippen LogP contribution in [0.25, 0.3) is 0 Å². The number of hydrogen-bond acceptors (Lipinski definition) is 3. The van der Waals surface area contributed by atoms with E-state index in [0.29, 0.717) is 18.6 Å². The second-order valence-electron chi connectivity index (χ2n) is 5.72. The molecule has 3 heteroatoms. The van der Waals surface area contributed by atoms with Crippen LogP contribution in [0.5, 0.6) is 5.75 Å². The summed E-state index contributed by atoms with van der Waals surface area (Å²) < 4.78 is 5.56. The first-order valence-electron chi connectivity index (χ1n) is 6.66. The summed E-state index contributed by atoms with van der Waals surface area (Å²) in [5.41, 5.74) is 1.65. The molecule has 1 aliphatic carbocycles. The van der Waals surface area contributed by atoms with Crippen LogP contribution in [0, 0.1) is 12.3 Å². The molecular weight excluding hydrogens is 226 g/mol. The van der Waals surface area contributed by atoms with Crippen molar-refractivity contribution in [2.45, 2.75) is 32.8 Å². The minimum absolute atomic E-state index is 0.340. The summed E-state index contributed by atoms with van der Waals surface area (Å²) in [5.74, 6) is 0.822. The molecule has 1 fully saturated rings. The van der Waals surface area contributed by atoms with E-state index in [4.69, 9.17) is 4.74 Å². The van der Waals surface area contributed by atoms with Crippen molar-refractivity contribution in [2.75, 3.05) is 19.7 Å². The largest absolute Gasteiger partial charge is 0.491 e. The summed E-state index contributed by atoms with van der Waals surface area (Å²) in [4.78, 5) is 0. The molecule has 0 aliphatic heterocycles. The van der Waals surface area contributed by atoms with Crippen molar-refractivity contribution in [3.63, 3.8) is 0 Å². The Balaban J connectivity index is 1.63. The SMILES string of the molecule is Cc1cccc(OCC(O)CNCC2(C)CC2)c1. The van der Waals surface area contributed by atoms with Crippen molar-refractivity contribution in [1.82, 2.24) is 5.32 Å². The average Bonchev–Trinajstić information content (AvgIpc) is 3.05. The molecule has 3 nitrogen and oxygen atoms in total. The molecule has 0 heterocycles. The van der Waals surface area contributed by atoms with Gasteiger partial charge in [0.25, 0.3) is 0 Å². The lowest BCUT2D eigenvalue weighted by atomic mass is 10.1. The Morgan fingerprint density at radius 2 is 2.22 bits per heavy atom. The van der Waals surface area contributed by atoms with Crippen molar-refractivity contribution >= 4 is 0 Å². The number of benzene rings is 1. The van der Waals surface area contributed by atoms with Gasteiger partial charge in [-0.15, -0.1) is 0 Å². The van der Waals surface area contributed by atoms with Crippen LogP contribution in [0.4, 0.5) is 0 Å². The number of rotatable bonds is 7. The van der Waals surface area contributed by atoms with Gasteiger partial charge in [-0.2, -0.15) is 0 Å². The summed E-state index contributed by atoms with van der Waals surface area (Å²) in [6, 6.07) is 7.88. The van der Waals surface area contributed by atoms with Gasteiger partial charge < -0.3 is 15.2 Å². The highest BCUT2D eigenvalue weighted by Crippen LogP contribution is 2.43. The number of ether oxygens (including phenoxy) is 1. The first kappa shape index (κ1) is 13.4. The van der Waals surface area contributed by atoms with Gasteiger partial charge in [-0.25, -0.2) is 0 Å². The maximum Gasteiger partial charge on any atom is 0.119 e. The topological polar surface area (TPSA) is 41.5 Å². The minimum Gasteiger partial charge on any atom is -0.491 e. The van der Waals surface area contributed by atoms with Gasteiger partial charge >= 0.3 is 0 Å². The third kappa shape index (κ3) is 4.31. The molecule has 0 radical (unpaired) electrons. The number of aryl methyl sites for hydroxylation is 1. The maximum absolute atomic E-state index is 9.81.